The quantitative estimate of drug-likeness (QED) is 0.611. The van der Waals surface area contributed by atoms with Crippen LogP contribution in [0.3, 0.4) is 0 Å². The van der Waals surface area contributed by atoms with Crippen LogP contribution in [0.4, 0.5) is 8.78 Å². The number of carbonyl (C=O) groups excluding carboxylic acids is 1. The van der Waals surface area contributed by atoms with Gasteiger partial charge in [0.1, 0.15) is 5.82 Å². The molecule has 0 radical (unpaired) electrons. The van der Waals surface area contributed by atoms with Gasteiger partial charge in [-0.2, -0.15) is 0 Å². The highest BCUT2D eigenvalue weighted by molar-refractivity contribution is 8.00. The number of benzene rings is 2. The number of hydrogen-bond acceptors (Lipinski definition) is 4. The minimum Gasteiger partial charge on any atom is -0.490 e. The second-order valence-electron chi connectivity index (χ2n) is 8.47. The first kappa shape index (κ1) is 23.3. The lowest BCUT2D eigenvalue weighted by Gasteiger charge is -2.51. The van der Waals surface area contributed by atoms with Gasteiger partial charge < -0.3 is 15.2 Å². The summed E-state index contributed by atoms with van der Waals surface area (Å²) in [5, 5.41) is 0.324. The summed E-state index contributed by atoms with van der Waals surface area (Å²) in [6, 6.07) is 9.76. The average Bonchev–Trinajstić information content (AvgIpc) is 2.77. The van der Waals surface area contributed by atoms with E-state index < -0.39 is 17.0 Å². The molecule has 0 aliphatic carbocycles. The molecule has 4 atom stereocenters. The van der Waals surface area contributed by atoms with Crippen LogP contribution in [0.5, 0.6) is 5.75 Å². The number of nitrogens with two attached hydrogens (primary N) is 1. The van der Waals surface area contributed by atoms with E-state index in [1.165, 1.54) is 17.8 Å². The third-order valence-electron chi connectivity index (χ3n) is 6.61. The molecule has 2 aromatic rings. The molecule has 0 aromatic heterocycles. The van der Waals surface area contributed by atoms with Gasteiger partial charge >= 0.3 is 0 Å². The van der Waals surface area contributed by atoms with Crippen LogP contribution in [0.25, 0.3) is 0 Å². The monoisotopic (exact) mass is 481 g/mol. The Morgan fingerprint density at radius 1 is 1.25 bits per heavy atom. The lowest BCUT2D eigenvalue weighted by molar-refractivity contribution is -0.117. The number of halogens is 3. The summed E-state index contributed by atoms with van der Waals surface area (Å²) in [6.07, 6.45) is 1.53. The third kappa shape index (κ3) is 4.47. The van der Waals surface area contributed by atoms with Crippen LogP contribution in [-0.4, -0.2) is 36.2 Å². The van der Waals surface area contributed by atoms with E-state index in [1.807, 2.05) is 24.3 Å². The van der Waals surface area contributed by atoms with Crippen molar-refractivity contribution >= 4 is 29.3 Å². The van der Waals surface area contributed by atoms with E-state index in [0.29, 0.717) is 42.2 Å². The summed E-state index contributed by atoms with van der Waals surface area (Å²) >= 11 is 7.53. The van der Waals surface area contributed by atoms with Gasteiger partial charge in [0.05, 0.1) is 18.0 Å². The predicted molar refractivity (Wildman–Crippen MR) is 122 cm³/mol. The molecular weight excluding hydrogens is 456 g/mol. The Bertz CT molecular complexity index is 990. The van der Waals surface area contributed by atoms with E-state index in [1.54, 1.807) is 6.92 Å². The van der Waals surface area contributed by atoms with E-state index in [4.69, 9.17) is 26.8 Å². The number of thioether (sulfide) groups is 1. The molecule has 0 spiro atoms. The predicted octanol–water partition coefficient (Wildman–Crippen LogP) is 4.89. The zero-order valence-electron chi connectivity index (χ0n) is 17.8. The van der Waals surface area contributed by atoms with Crippen LogP contribution in [-0.2, 0) is 21.4 Å². The van der Waals surface area contributed by atoms with E-state index >= 15 is 4.39 Å². The highest BCUT2D eigenvalue weighted by Crippen LogP contribution is 2.52. The SMILES string of the molecule is CC(SCC[C@@H]1OCC[C@@]2(Cc3ccc(Cl)cc3)c3c(F)ccc(F)c3OC[C@@H]12)C(N)=O. The van der Waals surface area contributed by atoms with Gasteiger partial charge in [-0.3, -0.25) is 4.79 Å². The number of ether oxygens (including phenoxy) is 2. The maximum atomic E-state index is 15.2. The van der Waals surface area contributed by atoms with Crippen molar-refractivity contribution in [2.45, 2.75) is 43.0 Å². The minimum absolute atomic E-state index is 0.00703. The maximum absolute atomic E-state index is 15.2. The largest absolute Gasteiger partial charge is 0.490 e. The molecule has 2 aliphatic rings. The molecule has 2 aromatic carbocycles. The Kier molecular flexibility index (Phi) is 6.98. The first-order valence-corrected chi connectivity index (χ1v) is 12.1. The first-order valence-electron chi connectivity index (χ1n) is 10.7. The fourth-order valence-corrected chi connectivity index (χ4v) is 5.95. The molecule has 1 unspecified atom stereocenters. The van der Waals surface area contributed by atoms with Crippen LogP contribution < -0.4 is 10.5 Å². The molecule has 1 fully saturated rings. The van der Waals surface area contributed by atoms with Gasteiger partial charge in [-0.1, -0.05) is 23.7 Å². The molecule has 4 rings (SSSR count). The van der Waals surface area contributed by atoms with Crippen molar-refractivity contribution < 1.29 is 23.0 Å². The summed E-state index contributed by atoms with van der Waals surface area (Å²) in [6.45, 7) is 2.44. The van der Waals surface area contributed by atoms with Gasteiger partial charge in [0, 0.05) is 28.5 Å². The standard InChI is InChI=1S/C24H26ClF2NO3S/c1-14(23(28)29)32-11-8-20-17-13-31-22-19(27)7-6-18(26)21(22)24(17,9-10-30-20)12-15-2-4-16(25)5-3-15/h2-7,14,17,20H,8-13H2,1H3,(H2,28,29)/t14?,17-,20-,24-/m0/s1. The van der Waals surface area contributed by atoms with Crippen molar-refractivity contribution in [2.24, 2.45) is 11.7 Å². The maximum Gasteiger partial charge on any atom is 0.230 e. The van der Waals surface area contributed by atoms with E-state index in [9.17, 15) is 9.18 Å². The molecule has 2 aliphatic heterocycles. The third-order valence-corrected chi connectivity index (χ3v) is 8.06. The van der Waals surface area contributed by atoms with Crippen molar-refractivity contribution in [2.75, 3.05) is 19.0 Å². The van der Waals surface area contributed by atoms with Crippen molar-refractivity contribution in [3.05, 3.63) is 64.2 Å². The summed E-state index contributed by atoms with van der Waals surface area (Å²) in [5.74, 6) is -0.862. The summed E-state index contributed by atoms with van der Waals surface area (Å²) in [4.78, 5) is 11.4. The molecule has 0 bridgehead atoms. The van der Waals surface area contributed by atoms with Gasteiger partial charge in [0.2, 0.25) is 5.91 Å². The van der Waals surface area contributed by atoms with Gasteiger partial charge in [-0.05, 0) is 61.8 Å². The second-order valence-corrected chi connectivity index (χ2v) is 10.4. The average molecular weight is 482 g/mol. The Morgan fingerprint density at radius 3 is 2.69 bits per heavy atom. The molecule has 1 saturated heterocycles. The number of fused-ring (bicyclic) bond motifs is 3. The molecule has 1 amide bonds. The van der Waals surface area contributed by atoms with Crippen LogP contribution in [0.1, 0.15) is 30.9 Å². The molecule has 32 heavy (non-hydrogen) atoms. The topological polar surface area (TPSA) is 61.6 Å². The molecule has 8 heteroatoms. The van der Waals surface area contributed by atoms with Crippen molar-refractivity contribution in [3.63, 3.8) is 0 Å². The molecule has 0 saturated carbocycles. The number of carbonyl (C=O) groups is 1. The Labute approximate surface area is 195 Å². The lowest BCUT2D eigenvalue weighted by Crippen LogP contribution is -2.55. The van der Waals surface area contributed by atoms with Crippen molar-refractivity contribution in [3.8, 4) is 5.75 Å². The first-order chi connectivity index (χ1) is 15.3. The van der Waals surface area contributed by atoms with Crippen LogP contribution in [0.15, 0.2) is 36.4 Å². The van der Waals surface area contributed by atoms with Crippen LogP contribution in [0.2, 0.25) is 5.02 Å². The number of hydrogen-bond donors (Lipinski definition) is 1. The fraction of sp³-hybridized carbons (Fsp3) is 0.458. The molecule has 2 N–H and O–H groups in total. The molecular formula is C24H26ClF2NO3S. The Morgan fingerprint density at radius 2 is 1.97 bits per heavy atom. The zero-order chi connectivity index (χ0) is 22.9. The summed E-state index contributed by atoms with van der Waals surface area (Å²) in [5.41, 5.74) is 5.99. The Balaban J connectivity index is 1.69. The fourth-order valence-electron chi connectivity index (χ4n) is 4.94. The van der Waals surface area contributed by atoms with Gasteiger partial charge in [0.25, 0.3) is 0 Å². The normalized spacial score (nSPS) is 25.4. The van der Waals surface area contributed by atoms with E-state index in [2.05, 4.69) is 0 Å². The zero-order valence-corrected chi connectivity index (χ0v) is 19.4. The van der Waals surface area contributed by atoms with E-state index in [-0.39, 0.29) is 35.5 Å². The number of rotatable bonds is 7. The van der Waals surface area contributed by atoms with Crippen LogP contribution in [0, 0.1) is 17.6 Å². The van der Waals surface area contributed by atoms with Crippen molar-refractivity contribution in [1.82, 2.24) is 0 Å². The van der Waals surface area contributed by atoms with Gasteiger partial charge in [0.15, 0.2) is 11.6 Å². The van der Waals surface area contributed by atoms with E-state index in [0.717, 1.165) is 11.6 Å². The highest BCUT2D eigenvalue weighted by Gasteiger charge is 2.53. The molecule has 4 nitrogen and oxygen atoms in total. The summed E-state index contributed by atoms with van der Waals surface area (Å²) in [7, 11) is 0. The van der Waals surface area contributed by atoms with Gasteiger partial charge in [-0.15, -0.1) is 11.8 Å². The minimum atomic E-state index is -0.670. The summed E-state index contributed by atoms with van der Waals surface area (Å²) < 4.78 is 41.8. The molecule has 2 heterocycles. The number of amides is 1. The Hall–Kier alpha value is -1.83. The lowest BCUT2D eigenvalue weighted by atomic mass is 9.60. The highest BCUT2D eigenvalue weighted by atomic mass is 35.5. The number of primary amides is 1. The van der Waals surface area contributed by atoms with Gasteiger partial charge in [-0.25, -0.2) is 8.78 Å². The smallest absolute Gasteiger partial charge is 0.230 e. The second kappa shape index (κ2) is 9.57. The molecule has 172 valence electrons. The van der Waals surface area contributed by atoms with Crippen molar-refractivity contribution in [1.29, 1.82) is 0 Å². The van der Waals surface area contributed by atoms with Crippen LogP contribution >= 0.6 is 23.4 Å².